The molecule has 0 bridgehead atoms. The number of amides is 3. The molecule has 6 nitrogen and oxygen atoms in total. The largest absolute Gasteiger partial charge is 0.336 e. The number of hydrogen-bond donors (Lipinski definition) is 2. The summed E-state index contributed by atoms with van der Waals surface area (Å²) in [5.74, 6) is -0.246. The van der Waals surface area contributed by atoms with Crippen molar-refractivity contribution in [3.63, 3.8) is 0 Å². The molecule has 132 valence electrons. The van der Waals surface area contributed by atoms with Crippen LogP contribution in [-0.4, -0.2) is 60.0 Å². The van der Waals surface area contributed by atoms with Crippen molar-refractivity contribution in [2.24, 2.45) is 0 Å². The van der Waals surface area contributed by atoms with Gasteiger partial charge in [-0.3, -0.25) is 19.9 Å². The van der Waals surface area contributed by atoms with Crippen molar-refractivity contribution in [3.8, 4) is 0 Å². The average Bonchev–Trinajstić information content (AvgIpc) is 2.55. The van der Waals surface area contributed by atoms with E-state index in [1.165, 1.54) is 5.56 Å². The van der Waals surface area contributed by atoms with Crippen molar-refractivity contribution >= 4 is 11.9 Å². The van der Waals surface area contributed by atoms with Gasteiger partial charge in [-0.1, -0.05) is 30.3 Å². The fourth-order valence-corrected chi connectivity index (χ4v) is 2.83. The summed E-state index contributed by atoms with van der Waals surface area (Å²) in [7, 11) is 0. The zero-order valence-corrected chi connectivity index (χ0v) is 14.8. The highest BCUT2D eigenvalue weighted by atomic mass is 16.2. The van der Waals surface area contributed by atoms with Gasteiger partial charge < -0.3 is 5.32 Å². The van der Waals surface area contributed by atoms with Crippen molar-refractivity contribution in [3.05, 3.63) is 35.9 Å². The molecule has 0 aliphatic carbocycles. The third-order valence-corrected chi connectivity index (χ3v) is 4.24. The molecule has 1 atom stereocenters. The molecule has 0 spiro atoms. The molecule has 1 aliphatic heterocycles. The lowest BCUT2D eigenvalue weighted by Gasteiger charge is -2.37. The van der Waals surface area contributed by atoms with E-state index < -0.39 is 6.03 Å². The molecule has 24 heavy (non-hydrogen) atoms. The van der Waals surface area contributed by atoms with Crippen LogP contribution in [0, 0.1) is 0 Å². The zero-order chi connectivity index (χ0) is 17.5. The molecule has 1 fully saturated rings. The summed E-state index contributed by atoms with van der Waals surface area (Å²) in [4.78, 5) is 28.3. The Morgan fingerprint density at radius 2 is 1.67 bits per heavy atom. The van der Waals surface area contributed by atoms with E-state index in [0.29, 0.717) is 0 Å². The lowest BCUT2D eigenvalue weighted by molar-refractivity contribution is -0.125. The van der Waals surface area contributed by atoms with Crippen LogP contribution in [0.2, 0.25) is 0 Å². The fraction of sp³-hybridized carbons (Fsp3) is 0.556. The predicted molar refractivity (Wildman–Crippen MR) is 94.6 cm³/mol. The molecule has 1 aliphatic rings. The Labute approximate surface area is 144 Å². The van der Waals surface area contributed by atoms with Crippen LogP contribution in [0.4, 0.5) is 4.79 Å². The number of nitrogens with zero attached hydrogens (tertiary/aromatic N) is 2. The van der Waals surface area contributed by atoms with Crippen LogP contribution in [0.1, 0.15) is 26.3 Å². The molecule has 2 N–H and O–H groups in total. The smallest absolute Gasteiger partial charge is 0.321 e. The zero-order valence-electron chi connectivity index (χ0n) is 14.8. The number of urea groups is 1. The maximum Gasteiger partial charge on any atom is 0.321 e. The van der Waals surface area contributed by atoms with Gasteiger partial charge >= 0.3 is 6.03 Å². The van der Waals surface area contributed by atoms with E-state index in [-0.39, 0.29) is 18.0 Å². The Balaban J connectivity index is 1.76. The Morgan fingerprint density at radius 1 is 1.04 bits per heavy atom. The number of nitrogens with one attached hydrogen (secondary N) is 2. The first-order valence-electron chi connectivity index (χ1n) is 8.57. The third kappa shape index (κ3) is 5.62. The highest BCUT2D eigenvalue weighted by molar-refractivity contribution is 5.96. The lowest BCUT2D eigenvalue weighted by atomic mass is 10.1. The lowest BCUT2D eigenvalue weighted by Crippen LogP contribution is -2.55. The van der Waals surface area contributed by atoms with Crippen LogP contribution in [0.3, 0.4) is 0 Å². The highest BCUT2D eigenvalue weighted by Crippen LogP contribution is 2.10. The Kier molecular flexibility index (Phi) is 6.75. The van der Waals surface area contributed by atoms with E-state index in [2.05, 4.69) is 44.7 Å². The second-order valence-corrected chi connectivity index (χ2v) is 6.59. The molecule has 0 radical (unpaired) electrons. The minimum atomic E-state index is -0.426. The van der Waals surface area contributed by atoms with Crippen LogP contribution in [-0.2, 0) is 11.3 Å². The molecular formula is C18H28N4O2. The Bertz CT molecular complexity index is 539. The monoisotopic (exact) mass is 332 g/mol. The number of benzene rings is 1. The van der Waals surface area contributed by atoms with Crippen LogP contribution in [0.5, 0.6) is 0 Å². The van der Waals surface area contributed by atoms with E-state index in [4.69, 9.17) is 0 Å². The van der Waals surface area contributed by atoms with Gasteiger partial charge in [0.05, 0.1) is 6.04 Å². The summed E-state index contributed by atoms with van der Waals surface area (Å²) in [6.45, 7) is 10.0. The van der Waals surface area contributed by atoms with Crippen LogP contribution >= 0.6 is 0 Å². The van der Waals surface area contributed by atoms with E-state index in [0.717, 1.165) is 32.7 Å². The van der Waals surface area contributed by atoms with Gasteiger partial charge in [0.15, 0.2) is 0 Å². The molecule has 1 aromatic carbocycles. The number of carbonyl (C=O) groups is 2. The summed E-state index contributed by atoms with van der Waals surface area (Å²) < 4.78 is 0. The van der Waals surface area contributed by atoms with Crippen LogP contribution in [0.15, 0.2) is 30.3 Å². The number of hydrogen-bond acceptors (Lipinski definition) is 4. The minimum absolute atomic E-state index is 0.00892. The standard InChI is InChI=1S/C18H28N4O2/c1-14(2)19-18(24)20-17(23)15(3)22-11-9-21(10-12-22)13-16-7-5-4-6-8-16/h4-8,14-15H,9-13H2,1-3H3,(H2,19,20,23,24)/t15-/m0/s1. The number of rotatable bonds is 5. The minimum Gasteiger partial charge on any atom is -0.336 e. The molecule has 0 aromatic heterocycles. The van der Waals surface area contributed by atoms with Crippen molar-refractivity contribution in [2.45, 2.75) is 39.4 Å². The van der Waals surface area contributed by atoms with Gasteiger partial charge in [0.25, 0.3) is 0 Å². The maximum absolute atomic E-state index is 12.2. The predicted octanol–water partition coefficient (Wildman–Crippen LogP) is 1.43. The summed E-state index contributed by atoms with van der Waals surface area (Å²) in [5, 5.41) is 5.08. The highest BCUT2D eigenvalue weighted by Gasteiger charge is 2.26. The van der Waals surface area contributed by atoms with Gasteiger partial charge in [0.2, 0.25) is 5.91 Å². The normalized spacial score (nSPS) is 17.5. The number of carbonyl (C=O) groups excluding carboxylic acids is 2. The Morgan fingerprint density at radius 3 is 2.25 bits per heavy atom. The first-order valence-corrected chi connectivity index (χ1v) is 8.57. The maximum atomic E-state index is 12.2. The molecule has 0 unspecified atom stereocenters. The second kappa shape index (κ2) is 8.80. The van der Waals surface area contributed by atoms with E-state index >= 15 is 0 Å². The summed E-state index contributed by atoms with van der Waals surface area (Å²) in [5.41, 5.74) is 1.31. The van der Waals surface area contributed by atoms with Crippen molar-refractivity contribution < 1.29 is 9.59 Å². The van der Waals surface area contributed by atoms with Gasteiger partial charge in [0, 0.05) is 38.8 Å². The molecule has 0 saturated carbocycles. The van der Waals surface area contributed by atoms with Crippen molar-refractivity contribution in [1.29, 1.82) is 0 Å². The summed E-state index contributed by atoms with van der Waals surface area (Å²) in [6.07, 6.45) is 0. The topological polar surface area (TPSA) is 64.7 Å². The van der Waals surface area contributed by atoms with Gasteiger partial charge in [-0.2, -0.15) is 0 Å². The summed E-state index contributed by atoms with van der Waals surface area (Å²) >= 11 is 0. The van der Waals surface area contributed by atoms with E-state index in [1.807, 2.05) is 26.8 Å². The quantitative estimate of drug-likeness (QED) is 0.856. The van der Waals surface area contributed by atoms with Gasteiger partial charge in [-0.25, -0.2) is 4.79 Å². The number of piperazine rings is 1. The van der Waals surface area contributed by atoms with Gasteiger partial charge in [-0.05, 0) is 26.3 Å². The molecule has 1 heterocycles. The van der Waals surface area contributed by atoms with Gasteiger partial charge in [-0.15, -0.1) is 0 Å². The fourth-order valence-electron chi connectivity index (χ4n) is 2.83. The van der Waals surface area contributed by atoms with Crippen LogP contribution < -0.4 is 10.6 Å². The molecule has 6 heteroatoms. The molecular weight excluding hydrogens is 304 g/mol. The second-order valence-electron chi connectivity index (χ2n) is 6.59. The van der Waals surface area contributed by atoms with Crippen molar-refractivity contribution in [1.82, 2.24) is 20.4 Å². The van der Waals surface area contributed by atoms with Crippen molar-refractivity contribution in [2.75, 3.05) is 26.2 Å². The first kappa shape index (κ1) is 18.4. The summed E-state index contributed by atoms with van der Waals surface area (Å²) in [6, 6.07) is 9.68. The first-order chi connectivity index (χ1) is 11.5. The van der Waals surface area contributed by atoms with E-state index in [1.54, 1.807) is 0 Å². The number of imide groups is 1. The van der Waals surface area contributed by atoms with Crippen LogP contribution in [0.25, 0.3) is 0 Å². The average molecular weight is 332 g/mol. The SMILES string of the molecule is CC(C)NC(=O)NC(=O)[C@H](C)N1CCN(Cc2ccccc2)CC1. The van der Waals surface area contributed by atoms with E-state index in [9.17, 15) is 9.59 Å². The Hall–Kier alpha value is -1.92. The molecule has 2 rings (SSSR count). The molecule has 3 amide bonds. The third-order valence-electron chi connectivity index (χ3n) is 4.24. The molecule has 1 saturated heterocycles. The molecule has 1 aromatic rings. The van der Waals surface area contributed by atoms with Gasteiger partial charge in [0.1, 0.15) is 0 Å².